The Balaban J connectivity index is 1.99. The van der Waals surface area contributed by atoms with Crippen LogP contribution in [0.5, 0.6) is 0 Å². The second kappa shape index (κ2) is 9.53. The topological polar surface area (TPSA) is 84.5 Å². The van der Waals surface area contributed by atoms with Crippen LogP contribution in [0.1, 0.15) is 12.5 Å². The fourth-order valence-electron chi connectivity index (χ4n) is 2.02. The molecular weight excluding hydrogens is 400 g/mol. The van der Waals surface area contributed by atoms with Crippen molar-refractivity contribution in [3.8, 4) is 0 Å². The van der Waals surface area contributed by atoms with Gasteiger partial charge in [0.2, 0.25) is 5.91 Å². The summed E-state index contributed by atoms with van der Waals surface area (Å²) in [5.74, 6) is -1.70. The van der Waals surface area contributed by atoms with Gasteiger partial charge in [-0.05, 0) is 29.8 Å². The van der Waals surface area contributed by atoms with Crippen LogP contribution >= 0.6 is 15.9 Å². The molecule has 7 heteroatoms. The SMILES string of the molecule is CC(=O)NC(=Cc1ccccc1)C(=O)OCC(=O)Nc1cccc(Br)c1. The molecule has 0 unspecified atom stereocenters. The summed E-state index contributed by atoms with van der Waals surface area (Å²) >= 11 is 3.30. The number of ether oxygens (including phenoxy) is 1. The predicted octanol–water partition coefficient (Wildman–Crippen LogP) is 3.11. The van der Waals surface area contributed by atoms with Gasteiger partial charge in [-0.25, -0.2) is 4.79 Å². The molecule has 0 aliphatic heterocycles. The van der Waals surface area contributed by atoms with Crippen LogP contribution in [0.4, 0.5) is 5.69 Å². The third-order valence-electron chi connectivity index (χ3n) is 3.08. The van der Waals surface area contributed by atoms with Crippen LogP contribution in [-0.4, -0.2) is 24.4 Å². The zero-order chi connectivity index (χ0) is 18.9. The van der Waals surface area contributed by atoms with E-state index in [1.54, 1.807) is 42.5 Å². The van der Waals surface area contributed by atoms with Gasteiger partial charge in [0.15, 0.2) is 6.61 Å². The van der Waals surface area contributed by atoms with Crippen LogP contribution in [0.2, 0.25) is 0 Å². The summed E-state index contributed by atoms with van der Waals surface area (Å²) in [6.07, 6.45) is 1.48. The lowest BCUT2D eigenvalue weighted by Crippen LogP contribution is -2.28. The molecule has 0 heterocycles. The summed E-state index contributed by atoms with van der Waals surface area (Å²) < 4.78 is 5.81. The molecule has 0 saturated heterocycles. The highest BCUT2D eigenvalue weighted by Gasteiger charge is 2.15. The molecule has 2 aromatic rings. The highest BCUT2D eigenvalue weighted by Crippen LogP contribution is 2.15. The van der Waals surface area contributed by atoms with Crippen LogP contribution in [0.25, 0.3) is 6.08 Å². The first-order valence-corrected chi connectivity index (χ1v) is 8.50. The number of rotatable bonds is 6. The number of anilines is 1. The highest BCUT2D eigenvalue weighted by atomic mass is 79.9. The number of hydrogen-bond acceptors (Lipinski definition) is 4. The van der Waals surface area contributed by atoms with Crippen molar-refractivity contribution in [2.75, 3.05) is 11.9 Å². The molecular formula is C19H17BrN2O4. The maximum Gasteiger partial charge on any atom is 0.355 e. The maximum atomic E-state index is 12.2. The molecule has 2 aromatic carbocycles. The quantitative estimate of drug-likeness (QED) is 0.559. The van der Waals surface area contributed by atoms with Crippen molar-refractivity contribution in [1.29, 1.82) is 0 Å². The van der Waals surface area contributed by atoms with Gasteiger partial charge in [0.1, 0.15) is 5.70 Å². The molecule has 0 bridgehead atoms. The van der Waals surface area contributed by atoms with Crippen molar-refractivity contribution in [3.05, 3.63) is 70.3 Å². The standard InChI is InChI=1S/C19H17BrN2O4/c1-13(23)21-17(10-14-6-3-2-4-7-14)19(25)26-12-18(24)22-16-9-5-8-15(20)11-16/h2-11H,12H2,1H3,(H,21,23)(H,22,24). The molecule has 0 fully saturated rings. The first kappa shape index (κ1) is 19.4. The minimum Gasteiger partial charge on any atom is -0.451 e. The number of benzene rings is 2. The van der Waals surface area contributed by atoms with Crippen LogP contribution in [0.3, 0.4) is 0 Å². The van der Waals surface area contributed by atoms with Gasteiger partial charge in [-0.3, -0.25) is 9.59 Å². The van der Waals surface area contributed by atoms with Crippen LogP contribution in [0.15, 0.2) is 64.8 Å². The molecule has 2 rings (SSSR count). The van der Waals surface area contributed by atoms with E-state index in [0.717, 1.165) is 4.47 Å². The average Bonchev–Trinajstić information content (AvgIpc) is 2.59. The minimum absolute atomic E-state index is 0.0426. The lowest BCUT2D eigenvalue weighted by Gasteiger charge is -2.10. The summed E-state index contributed by atoms with van der Waals surface area (Å²) in [4.78, 5) is 35.4. The summed E-state index contributed by atoms with van der Waals surface area (Å²) in [5, 5.41) is 5.03. The molecule has 2 N–H and O–H groups in total. The van der Waals surface area contributed by atoms with Crippen molar-refractivity contribution in [3.63, 3.8) is 0 Å². The first-order chi connectivity index (χ1) is 12.4. The molecule has 0 radical (unpaired) electrons. The summed E-state index contributed by atoms with van der Waals surface area (Å²) in [6, 6.07) is 16.0. The van der Waals surface area contributed by atoms with Crippen molar-refractivity contribution < 1.29 is 19.1 Å². The van der Waals surface area contributed by atoms with Gasteiger partial charge in [-0.1, -0.05) is 52.3 Å². The lowest BCUT2D eigenvalue weighted by atomic mass is 10.2. The lowest BCUT2D eigenvalue weighted by molar-refractivity contribution is -0.144. The van der Waals surface area contributed by atoms with Gasteiger partial charge >= 0.3 is 5.97 Å². The number of hydrogen-bond donors (Lipinski definition) is 2. The minimum atomic E-state index is -0.798. The Morgan fingerprint density at radius 1 is 1.08 bits per heavy atom. The Hall–Kier alpha value is -2.93. The second-order valence-electron chi connectivity index (χ2n) is 5.28. The van der Waals surface area contributed by atoms with Crippen molar-refractivity contribution >= 4 is 45.5 Å². The van der Waals surface area contributed by atoms with E-state index in [0.29, 0.717) is 11.3 Å². The van der Waals surface area contributed by atoms with Gasteiger partial charge in [-0.2, -0.15) is 0 Å². The van der Waals surface area contributed by atoms with Crippen LogP contribution in [-0.2, 0) is 19.1 Å². The summed E-state index contributed by atoms with van der Waals surface area (Å²) in [7, 11) is 0. The fourth-order valence-corrected chi connectivity index (χ4v) is 2.42. The van der Waals surface area contributed by atoms with Crippen LogP contribution < -0.4 is 10.6 Å². The molecule has 6 nitrogen and oxygen atoms in total. The third-order valence-corrected chi connectivity index (χ3v) is 3.58. The monoisotopic (exact) mass is 416 g/mol. The molecule has 0 saturated carbocycles. The molecule has 0 aromatic heterocycles. The van der Waals surface area contributed by atoms with Gasteiger partial charge in [-0.15, -0.1) is 0 Å². The third kappa shape index (κ3) is 6.52. The van der Waals surface area contributed by atoms with Gasteiger partial charge in [0, 0.05) is 17.1 Å². The number of halogens is 1. The number of carbonyl (C=O) groups is 3. The fraction of sp³-hybridized carbons (Fsp3) is 0.105. The Morgan fingerprint density at radius 3 is 2.46 bits per heavy atom. The molecule has 134 valence electrons. The Bertz CT molecular complexity index is 834. The Morgan fingerprint density at radius 2 is 1.81 bits per heavy atom. The first-order valence-electron chi connectivity index (χ1n) is 7.71. The number of esters is 1. The average molecular weight is 417 g/mol. The largest absolute Gasteiger partial charge is 0.451 e. The van der Waals surface area contributed by atoms with Gasteiger partial charge < -0.3 is 15.4 Å². The normalized spacial score (nSPS) is 10.8. The second-order valence-corrected chi connectivity index (χ2v) is 6.20. The molecule has 0 aliphatic carbocycles. The van der Waals surface area contributed by atoms with E-state index in [-0.39, 0.29) is 5.70 Å². The zero-order valence-corrected chi connectivity index (χ0v) is 15.6. The Kier molecular flexibility index (Phi) is 7.11. The van der Waals surface area contributed by atoms with E-state index >= 15 is 0 Å². The molecule has 0 spiro atoms. The van der Waals surface area contributed by atoms with E-state index in [1.165, 1.54) is 13.0 Å². The van der Waals surface area contributed by atoms with E-state index in [4.69, 9.17) is 4.74 Å². The van der Waals surface area contributed by atoms with Crippen molar-refractivity contribution in [2.45, 2.75) is 6.92 Å². The van der Waals surface area contributed by atoms with Crippen molar-refractivity contribution in [1.82, 2.24) is 5.32 Å². The zero-order valence-electron chi connectivity index (χ0n) is 14.0. The number of carbonyl (C=O) groups excluding carboxylic acids is 3. The number of nitrogens with one attached hydrogen (secondary N) is 2. The van der Waals surface area contributed by atoms with E-state index in [2.05, 4.69) is 26.6 Å². The number of amides is 2. The predicted molar refractivity (Wildman–Crippen MR) is 102 cm³/mol. The summed E-state index contributed by atoms with van der Waals surface area (Å²) in [6.45, 7) is 0.809. The van der Waals surface area contributed by atoms with E-state index in [9.17, 15) is 14.4 Å². The van der Waals surface area contributed by atoms with E-state index in [1.807, 2.05) is 12.1 Å². The molecule has 2 amide bonds. The smallest absolute Gasteiger partial charge is 0.355 e. The van der Waals surface area contributed by atoms with Crippen LogP contribution in [0, 0.1) is 0 Å². The van der Waals surface area contributed by atoms with Gasteiger partial charge in [0.05, 0.1) is 0 Å². The van der Waals surface area contributed by atoms with Crippen molar-refractivity contribution in [2.24, 2.45) is 0 Å². The maximum absolute atomic E-state index is 12.2. The summed E-state index contributed by atoms with van der Waals surface area (Å²) in [5.41, 5.74) is 1.24. The van der Waals surface area contributed by atoms with E-state index < -0.39 is 24.4 Å². The Labute approximate surface area is 159 Å². The highest BCUT2D eigenvalue weighted by molar-refractivity contribution is 9.10. The van der Waals surface area contributed by atoms with Gasteiger partial charge in [0.25, 0.3) is 5.91 Å². The molecule has 26 heavy (non-hydrogen) atoms. The molecule has 0 aliphatic rings. The molecule has 0 atom stereocenters.